The second-order valence-corrected chi connectivity index (χ2v) is 7.32. The molecule has 6 nitrogen and oxygen atoms in total. The molecule has 0 saturated carbocycles. The molecule has 29 heavy (non-hydrogen) atoms. The Balaban J connectivity index is 1.69. The molecule has 2 N–H and O–H groups in total. The van der Waals surface area contributed by atoms with Gasteiger partial charge in [0.2, 0.25) is 0 Å². The molecule has 152 valence electrons. The topological polar surface area (TPSA) is 68.3 Å². The lowest BCUT2D eigenvalue weighted by Gasteiger charge is -2.13. The van der Waals surface area contributed by atoms with Crippen molar-refractivity contribution in [3.63, 3.8) is 0 Å². The first kappa shape index (κ1) is 20.5. The van der Waals surface area contributed by atoms with Gasteiger partial charge >= 0.3 is 0 Å². The van der Waals surface area contributed by atoms with Gasteiger partial charge in [0.15, 0.2) is 0 Å². The Labute approximate surface area is 172 Å². The largest absolute Gasteiger partial charge is 0.491 e. The predicted octanol–water partition coefficient (Wildman–Crippen LogP) is 5.85. The van der Waals surface area contributed by atoms with E-state index in [1.165, 1.54) is 0 Å². The fraction of sp³-hybridized carbons (Fsp3) is 0.304. The molecule has 0 unspecified atom stereocenters. The zero-order valence-electron chi connectivity index (χ0n) is 17.6. The van der Waals surface area contributed by atoms with Crippen molar-refractivity contribution in [2.75, 3.05) is 10.6 Å². The fourth-order valence-corrected chi connectivity index (χ4v) is 2.77. The fourth-order valence-electron chi connectivity index (χ4n) is 2.77. The molecule has 0 aliphatic heterocycles. The summed E-state index contributed by atoms with van der Waals surface area (Å²) in [6.07, 6.45) is 0.302. The number of benzene rings is 2. The highest BCUT2D eigenvalue weighted by atomic mass is 16.5. The maximum atomic E-state index is 5.68. The number of hydrogen-bond donors (Lipinski definition) is 2. The number of rotatable bonds is 8. The van der Waals surface area contributed by atoms with E-state index >= 15 is 0 Å². The first-order chi connectivity index (χ1) is 13.9. The Morgan fingerprint density at radius 2 is 1.03 bits per heavy atom. The van der Waals surface area contributed by atoms with E-state index in [0.717, 1.165) is 34.5 Å². The van der Waals surface area contributed by atoms with Gasteiger partial charge in [0.05, 0.1) is 12.2 Å². The van der Waals surface area contributed by atoms with E-state index in [9.17, 15) is 0 Å². The molecule has 0 bridgehead atoms. The third-order valence-corrected chi connectivity index (χ3v) is 3.83. The van der Waals surface area contributed by atoms with Crippen LogP contribution < -0.4 is 20.1 Å². The molecular weight excluding hydrogens is 364 g/mol. The Morgan fingerprint density at radius 1 is 0.655 bits per heavy atom. The molecule has 0 atom stereocenters. The lowest BCUT2D eigenvalue weighted by atomic mass is 10.3. The lowest BCUT2D eigenvalue weighted by molar-refractivity contribution is 0.242. The smallest absolute Gasteiger partial charge is 0.136 e. The number of aromatic nitrogens is 2. The van der Waals surface area contributed by atoms with Crippen molar-refractivity contribution in [1.82, 2.24) is 9.97 Å². The van der Waals surface area contributed by atoms with E-state index < -0.39 is 0 Å². The van der Waals surface area contributed by atoms with Crippen LogP contribution in [0.2, 0.25) is 0 Å². The number of anilines is 4. The van der Waals surface area contributed by atoms with Gasteiger partial charge in [-0.25, -0.2) is 9.97 Å². The quantitative estimate of drug-likeness (QED) is 0.501. The monoisotopic (exact) mass is 392 g/mol. The Bertz CT molecular complexity index is 849. The van der Waals surface area contributed by atoms with Crippen molar-refractivity contribution < 1.29 is 9.47 Å². The lowest BCUT2D eigenvalue weighted by Crippen LogP contribution is -2.05. The van der Waals surface area contributed by atoms with Gasteiger partial charge in [0.25, 0.3) is 0 Å². The number of ether oxygens (including phenoxy) is 2. The van der Waals surface area contributed by atoms with Gasteiger partial charge in [-0.2, -0.15) is 0 Å². The van der Waals surface area contributed by atoms with Crippen LogP contribution in [-0.2, 0) is 0 Å². The first-order valence-electron chi connectivity index (χ1n) is 9.80. The maximum absolute atomic E-state index is 5.68. The van der Waals surface area contributed by atoms with Crippen LogP contribution in [0.25, 0.3) is 0 Å². The van der Waals surface area contributed by atoms with Gasteiger partial charge in [0.1, 0.15) is 29.0 Å². The molecule has 0 saturated heterocycles. The van der Waals surface area contributed by atoms with Crippen molar-refractivity contribution in [2.45, 2.75) is 46.8 Å². The highest BCUT2D eigenvalue weighted by Crippen LogP contribution is 2.24. The normalized spacial score (nSPS) is 10.9. The van der Waals surface area contributed by atoms with Gasteiger partial charge in [-0.15, -0.1) is 0 Å². The van der Waals surface area contributed by atoms with E-state index in [1.807, 2.05) is 89.2 Å². The van der Waals surface area contributed by atoms with Crippen molar-refractivity contribution in [3.05, 3.63) is 60.4 Å². The molecule has 3 rings (SSSR count). The molecule has 1 aromatic heterocycles. The van der Waals surface area contributed by atoms with Crippen LogP contribution in [0.4, 0.5) is 23.0 Å². The minimum atomic E-state index is 0.151. The number of aryl methyl sites for hydroxylation is 1. The van der Waals surface area contributed by atoms with E-state index in [0.29, 0.717) is 5.82 Å². The number of nitrogens with zero attached hydrogens (tertiary/aromatic N) is 2. The van der Waals surface area contributed by atoms with Crippen molar-refractivity contribution in [1.29, 1.82) is 0 Å². The average Bonchev–Trinajstić information content (AvgIpc) is 2.64. The second kappa shape index (κ2) is 9.28. The summed E-state index contributed by atoms with van der Waals surface area (Å²) < 4.78 is 11.4. The van der Waals surface area contributed by atoms with Crippen LogP contribution in [0, 0.1) is 6.92 Å². The molecule has 0 aliphatic rings. The van der Waals surface area contributed by atoms with Crippen LogP contribution in [0.3, 0.4) is 0 Å². The minimum Gasteiger partial charge on any atom is -0.491 e. The zero-order chi connectivity index (χ0) is 20.8. The van der Waals surface area contributed by atoms with Crippen molar-refractivity contribution in [2.24, 2.45) is 0 Å². The number of hydrogen-bond acceptors (Lipinski definition) is 6. The van der Waals surface area contributed by atoms with E-state index in [1.54, 1.807) is 0 Å². The van der Waals surface area contributed by atoms with E-state index in [4.69, 9.17) is 9.47 Å². The summed E-state index contributed by atoms with van der Waals surface area (Å²) in [6, 6.07) is 17.5. The predicted molar refractivity (Wildman–Crippen MR) is 118 cm³/mol. The molecule has 1 heterocycles. The molecule has 2 aromatic carbocycles. The second-order valence-electron chi connectivity index (χ2n) is 7.32. The van der Waals surface area contributed by atoms with Crippen LogP contribution in [0.5, 0.6) is 11.5 Å². The van der Waals surface area contributed by atoms with E-state index in [-0.39, 0.29) is 12.2 Å². The minimum absolute atomic E-state index is 0.151. The van der Waals surface area contributed by atoms with E-state index in [2.05, 4.69) is 20.6 Å². The van der Waals surface area contributed by atoms with Crippen LogP contribution in [0.15, 0.2) is 54.6 Å². The highest BCUT2D eigenvalue weighted by Gasteiger charge is 2.05. The average molecular weight is 393 g/mol. The van der Waals surface area contributed by atoms with Gasteiger partial charge in [0, 0.05) is 17.4 Å². The summed E-state index contributed by atoms with van der Waals surface area (Å²) in [4.78, 5) is 8.95. The molecule has 3 aromatic rings. The van der Waals surface area contributed by atoms with Gasteiger partial charge in [-0.1, -0.05) is 0 Å². The molecule has 6 heteroatoms. The third kappa shape index (κ3) is 6.38. The summed E-state index contributed by atoms with van der Waals surface area (Å²) in [5, 5.41) is 6.63. The molecule has 0 fully saturated rings. The summed E-state index contributed by atoms with van der Waals surface area (Å²) >= 11 is 0. The Morgan fingerprint density at radius 3 is 1.38 bits per heavy atom. The van der Waals surface area contributed by atoms with Crippen LogP contribution in [-0.4, -0.2) is 22.2 Å². The Hall–Kier alpha value is -3.28. The Kier molecular flexibility index (Phi) is 6.54. The molecule has 0 aliphatic carbocycles. The third-order valence-electron chi connectivity index (χ3n) is 3.83. The van der Waals surface area contributed by atoms with Crippen molar-refractivity contribution in [3.8, 4) is 11.5 Å². The zero-order valence-corrected chi connectivity index (χ0v) is 17.6. The summed E-state index contributed by atoms with van der Waals surface area (Å²) in [5.41, 5.74) is 1.86. The molecule has 0 spiro atoms. The highest BCUT2D eigenvalue weighted by molar-refractivity contribution is 5.64. The maximum Gasteiger partial charge on any atom is 0.136 e. The standard InChI is InChI=1S/C23H28N4O2/c1-15(2)28-20-10-6-18(7-11-20)26-22-14-23(25-17(5)24-22)27-19-8-12-21(13-9-19)29-16(3)4/h6-16H,1-5H3,(H2,24,25,26,27). The molecule has 0 amide bonds. The molecule has 0 radical (unpaired) electrons. The van der Waals surface area contributed by atoms with Crippen LogP contribution in [0.1, 0.15) is 33.5 Å². The van der Waals surface area contributed by atoms with Gasteiger partial charge in [-0.3, -0.25) is 0 Å². The van der Waals surface area contributed by atoms with Gasteiger partial charge in [-0.05, 0) is 83.1 Å². The number of nitrogens with one attached hydrogen (secondary N) is 2. The van der Waals surface area contributed by atoms with Crippen LogP contribution >= 0.6 is 0 Å². The first-order valence-corrected chi connectivity index (χ1v) is 9.80. The SMILES string of the molecule is Cc1nc(Nc2ccc(OC(C)C)cc2)cc(Nc2ccc(OC(C)C)cc2)n1. The van der Waals surface area contributed by atoms with Crippen molar-refractivity contribution >= 4 is 23.0 Å². The van der Waals surface area contributed by atoms with Gasteiger partial charge < -0.3 is 20.1 Å². The molecular formula is C23H28N4O2. The summed E-state index contributed by atoms with van der Waals surface area (Å²) in [6.45, 7) is 9.91. The summed E-state index contributed by atoms with van der Waals surface area (Å²) in [5.74, 6) is 3.81. The summed E-state index contributed by atoms with van der Waals surface area (Å²) in [7, 11) is 0.